The molecule has 0 unspecified atom stereocenters. The first-order chi connectivity index (χ1) is 16.3. The molecule has 34 heavy (non-hydrogen) atoms. The molecule has 0 spiro atoms. The molecule has 0 aliphatic heterocycles. The number of rotatable bonds is 6. The van der Waals surface area contributed by atoms with Crippen molar-refractivity contribution in [2.75, 3.05) is 0 Å². The number of hydrogen-bond acceptors (Lipinski definition) is 7. The lowest BCUT2D eigenvalue weighted by Crippen LogP contribution is -2.24. The van der Waals surface area contributed by atoms with Crippen molar-refractivity contribution in [3.63, 3.8) is 0 Å². The Balaban J connectivity index is 1.29. The van der Waals surface area contributed by atoms with Crippen molar-refractivity contribution in [2.24, 2.45) is 0 Å². The second-order valence-corrected chi connectivity index (χ2v) is 7.29. The molecule has 0 aliphatic carbocycles. The first-order valence-electron chi connectivity index (χ1n) is 10.1. The number of amides is 1. The van der Waals surface area contributed by atoms with Crippen molar-refractivity contribution in [3.05, 3.63) is 83.6 Å². The number of nitrogens with zero attached hydrogens (tertiary/aromatic N) is 4. The van der Waals surface area contributed by atoms with Crippen molar-refractivity contribution in [3.8, 4) is 22.6 Å². The summed E-state index contributed by atoms with van der Waals surface area (Å²) in [5.41, 5.74) is 4.21. The van der Waals surface area contributed by atoms with E-state index in [0.717, 1.165) is 27.9 Å². The van der Waals surface area contributed by atoms with Crippen molar-refractivity contribution in [1.82, 2.24) is 25.4 Å². The highest BCUT2D eigenvalue weighted by molar-refractivity contribution is 5.67. The van der Waals surface area contributed by atoms with E-state index in [9.17, 15) is 18.0 Å². The number of ether oxygens (including phenoxy) is 1. The monoisotopic (exact) mass is 469 g/mol. The van der Waals surface area contributed by atoms with Gasteiger partial charge in [-0.05, 0) is 42.3 Å². The Hall–Kier alpha value is -4.28. The molecule has 8 nitrogen and oxygen atoms in total. The summed E-state index contributed by atoms with van der Waals surface area (Å²) < 4.78 is 47.4. The average Bonchev–Trinajstić information content (AvgIpc) is 3.34. The summed E-state index contributed by atoms with van der Waals surface area (Å²) in [6.45, 7) is 1.97. The van der Waals surface area contributed by atoms with E-state index < -0.39 is 18.2 Å². The molecular formula is C23H18F3N5O3. The molecule has 4 aromatic rings. The molecule has 0 saturated heterocycles. The van der Waals surface area contributed by atoms with Gasteiger partial charge in [-0.1, -0.05) is 23.4 Å². The van der Waals surface area contributed by atoms with E-state index in [1.54, 1.807) is 43.7 Å². The van der Waals surface area contributed by atoms with Crippen LogP contribution in [0, 0.1) is 6.92 Å². The van der Waals surface area contributed by atoms with Crippen LogP contribution in [0.25, 0.3) is 22.6 Å². The maximum Gasteiger partial charge on any atom is 0.471 e. The van der Waals surface area contributed by atoms with Gasteiger partial charge in [-0.25, -0.2) is 4.79 Å². The summed E-state index contributed by atoms with van der Waals surface area (Å²) in [4.78, 5) is 23.9. The van der Waals surface area contributed by atoms with E-state index >= 15 is 0 Å². The third-order valence-corrected chi connectivity index (χ3v) is 4.84. The zero-order valence-corrected chi connectivity index (χ0v) is 17.8. The molecule has 0 atom stereocenters. The number of nitrogens with one attached hydrogen (secondary N) is 1. The number of aryl methyl sites for hydroxylation is 1. The molecule has 0 fully saturated rings. The highest BCUT2D eigenvalue weighted by Crippen LogP contribution is 2.29. The third-order valence-electron chi connectivity index (χ3n) is 4.84. The van der Waals surface area contributed by atoms with Gasteiger partial charge in [0.25, 0.3) is 0 Å². The average molecular weight is 469 g/mol. The zero-order valence-electron chi connectivity index (χ0n) is 17.8. The SMILES string of the molecule is Cc1cc(-c2noc(C(F)(F)F)n2)ccc1CNC(=O)OCc1ccc(-c2cccnc2)nc1. The van der Waals surface area contributed by atoms with Gasteiger partial charge in [0.2, 0.25) is 5.82 Å². The Kier molecular flexibility index (Phi) is 6.53. The topological polar surface area (TPSA) is 103 Å². The number of alkyl carbamates (subject to hydrolysis) is 1. The molecule has 11 heteroatoms. The van der Waals surface area contributed by atoms with Gasteiger partial charge in [-0.3, -0.25) is 9.97 Å². The molecule has 0 bridgehead atoms. The van der Waals surface area contributed by atoms with Crippen LogP contribution in [-0.4, -0.2) is 26.2 Å². The lowest BCUT2D eigenvalue weighted by molar-refractivity contribution is -0.159. The van der Waals surface area contributed by atoms with Gasteiger partial charge in [-0.2, -0.15) is 18.2 Å². The molecule has 0 aliphatic rings. The predicted molar refractivity (Wildman–Crippen MR) is 114 cm³/mol. The van der Waals surface area contributed by atoms with Crippen molar-refractivity contribution < 1.29 is 27.2 Å². The van der Waals surface area contributed by atoms with E-state index in [4.69, 9.17) is 4.74 Å². The lowest BCUT2D eigenvalue weighted by atomic mass is 10.0. The van der Waals surface area contributed by atoms with Crippen LogP contribution in [0.4, 0.5) is 18.0 Å². The maximum absolute atomic E-state index is 12.6. The quantitative estimate of drug-likeness (QED) is 0.426. The summed E-state index contributed by atoms with van der Waals surface area (Å²) in [7, 11) is 0. The van der Waals surface area contributed by atoms with E-state index in [0.29, 0.717) is 5.56 Å². The highest BCUT2D eigenvalue weighted by atomic mass is 19.4. The number of alkyl halides is 3. The summed E-state index contributed by atoms with van der Waals surface area (Å²) in [6.07, 6.45) is -0.306. The first-order valence-corrected chi connectivity index (χ1v) is 10.1. The Morgan fingerprint density at radius 3 is 2.62 bits per heavy atom. The number of halogens is 3. The van der Waals surface area contributed by atoms with Crippen LogP contribution in [0.5, 0.6) is 0 Å². The Morgan fingerprint density at radius 1 is 1.12 bits per heavy atom. The summed E-state index contributed by atoms with van der Waals surface area (Å²) in [6, 6.07) is 12.2. The van der Waals surface area contributed by atoms with Crippen molar-refractivity contribution in [1.29, 1.82) is 0 Å². The fourth-order valence-electron chi connectivity index (χ4n) is 3.05. The molecule has 0 saturated carbocycles. The molecule has 0 radical (unpaired) electrons. The molecule has 174 valence electrons. The van der Waals surface area contributed by atoms with E-state index in [2.05, 4.69) is 29.9 Å². The lowest BCUT2D eigenvalue weighted by Gasteiger charge is -2.10. The van der Waals surface area contributed by atoms with E-state index in [1.807, 2.05) is 24.3 Å². The fourth-order valence-corrected chi connectivity index (χ4v) is 3.05. The van der Waals surface area contributed by atoms with Crippen LogP contribution in [0.2, 0.25) is 0 Å². The van der Waals surface area contributed by atoms with Gasteiger partial charge in [0, 0.05) is 41.8 Å². The smallest absolute Gasteiger partial charge is 0.445 e. The molecule has 3 heterocycles. The molecule has 1 N–H and O–H groups in total. The Morgan fingerprint density at radius 2 is 1.97 bits per heavy atom. The highest BCUT2D eigenvalue weighted by Gasteiger charge is 2.38. The minimum atomic E-state index is -4.71. The number of hydrogen-bond donors (Lipinski definition) is 1. The minimum Gasteiger partial charge on any atom is -0.445 e. The van der Waals surface area contributed by atoms with Gasteiger partial charge in [0.15, 0.2) is 0 Å². The standard InChI is InChI=1S/C23H18F3N5O3/c1-14-9-16(20-30-21(34-31-20)23(24,25)26)5-6-17(14)12-29-22(32)33-13-15-4-7-19(28-10-15)18-3-2-8-27-11-18/h2-11H,12-13H2,1H3,(H,29,32). The summed E-state index contributed by atoms with van der Waals surface area (Å²) in [5.74, 6) is -1.58. The van der Waals surface area contributed by atoms with Crippen LogP contribution < -0.4 is 5.32 Å². The Labute approximate surface area is 191 Å². The molecule has 1 amide bonds. The fraction of sp³-hybridized carbons (Fsp3) is 0.174. The van der Waals surface area contributed by atoms with Crippen LogP contribution in [0.1, 0.15) is 22.6 Å². The van der Waals surface area contributed by atoms with Crippen molar-refractivity contribution >= 4 is 6.09 Å². The second kappa shape index (κ2) is 9.69. The van der Waals surface area contributed by atoms with Crippen LogP contribution >= 0.6 is 0 Å². The molecular weight excluding hydrogens is 451 g/mol. The molecule has 4 rings (SSSR count). The van der Waals surface area contributed by atoms with E-state index in [1.165, 1.54) is 0 Å². The van der Waals surface area contributed by atoms with Crippen LogP contribution in [0.15, 0.2) is 65.6 Å². The first kappa shape index (κ1) is 22.9. The van der Waals surface area contributed by atoms with Gasteiger partial charge in [0.1, 0.15) is 6.61 Å². The molecule has 3 aromatic heterocycles. The van der Waals surface area contributed by atoms with Gasteiger partial charge >= 0.3 is 18.2 Å². The van der Waals surface area contributed by atoms with Gasteiger partial charge < -0.3 is 14.6 Å². The Bertz CT molecular complexity index is 1280. The minimum absolute atomic E-state index is 0.0451. The summed E-state index contributed by atoms with van der Waals surface area (Å²) in [5, 5.41) is 6.01. The van der Waals surface area contributed by atoms with E-state index in [-0.39, 0.29) is 19.0 Å². The number of carbonyl (C=O) groups is 1. The van der Waals surface area contributed by atoms with Crippen LogP contribution in [-0.2, 0) is 24.1 Å². The zero-order chi connectivity index (χ0) is 24.1. The van der Waals surface area contributed by atoms with Gasteiger partial charge in [-0.15, -0.1) is 0 Å². The molecule has 1 aromatic carbocycles. The van der Waals surface area contributed by atoms with Gasteiger partial charge in [0.05, 0.1) is 5.69 Å². The normalized spacial score (nSPS) is 11.3. The predicted octanol–water partition coefficient (Wildman–Crippen LogP) is 4.95. The maximum atomic E-state index is 12.6. The number of carbonyl (C=O) groups excluding carboxylic acids is 1. The summed E-state index contributed by atoms with van der Waals surface area (Å²) >= 11 is 0. The third kappa shape index (κ3) is 5.55. The van der Waals surface area contributed by atoms with Crippen molar-refractivity contribution in [2.45, 2.75) is 26.3 Å². The largest absolute Gasteiger partial charge is 0.471 e. The number of aromatic nitrogens is 4. The number of pyridine rings is 2. The number of benzene rings is 1. The second-order valence-electron chi connectivity index (χ2n) is 7.29. The van der Waals surface area contributed by atoms with Crippen LogP contribution in [0.3, 0.4) is 0 Å².